The highest BCUT2D eigenvalue weighted by atomic mass is 31.1. The van der Waals surface area contributed by atoms with Gasteiger partial charge in [0.15, 0.2) is 0 Å². The van der Waals surface area contributed by atoms with E-state index in [0.717, 1.165) is 5.56 Å². The molecule has 0 radical (unpaired) electrons. The van der Waals surface area contributed by atoms with Gasteiger partial charge in [0.25, 0.3) is 0 Å². The van der Waals surface area contributed by atoms with Crippen LogP contribution in [-0.4, -0.2) is 19.7 Å². The SMILES string of the molecule is CCOC(=O)c1cccc(C[P+](=O)OC)c1. The predicted octanol–water partition coefficient (Wildman–Crippen LogP) is 2.75. The van der Waals surface area contributed by atoms with Crippen molar-refractivity contribution in [2.24, 2.45) is 0 Å². The van der Waals surface area contributed by atoms with Crippen LogP contribution in [0.15, 0.2) is 24.3 Å². The molecule has 5 heteroatoms. The highest BCUT2D eigenvalue weighted by molar-refractivity contribution is 7.38. The van der Waals surface area contributed by atoms with E-state index in [0.29, 0.717) is 18.3 Å². The van der Waals surface area contributed by atoms with Gasteiger partial charge in [0.1, 0.15) is 0 Å². The molecule has 0 aliphatic carbocycles. The van der Waals surface area contributed by atoms with Crippen molar-refractivity contribution in [3.05, 3.63) is 35.4 Å². The number of ether oxygens (including phenoxy) is 1. The monoisotopic (exact) mass is 241 g/mol. The Balaban J connectivity index is 2.78. The Morgan fingerprint density at radius 3 is 2.81 bits per heavy atom. The lowest BCUT2D eigenvalue weighted by molar-refractivity contribution is 0.0526. The van der Waals surface area contributed by atoms with Gasteiger partial charge in [-0.25, -0.2) is 4.79 Å². The second-order valence-corrected chi connectivity index (χ2v) is 4.44. The maximum Gasteiger partial charge on any atom is 0.512 e. The summed E-state index contributed by atoms with van der Waals surface area (Å²) in [6, 6.07) is 6.88. The molecule has 0 spiro atoms. The number of hydrogen-bond donors (Lipinski definition) is 0. The smallest absolute Gasteiger partial charge is 0.462 e. The van der Waals surface area contributed by atoms with Crippen molar-refractivity contribution in [3.8, 4) is 0 Å². The van der Waals surface area contributed by atoms with Gasteiger partial charge in [0, 0.05) is 5.56 Å². The van der Waals surface area contributed by atoms with Gasteiger partial charge in [-0.2, -0.15) is 0 Å². The van der Waals surface area contributed by atoms with Crippen molar-refractivity contribution in [2.75, 3.05) is 13.7 Å². The molecule has 0 aliphatic heterocycles. The molecule has 16 heavy (non-hydrogen) atoms. The van der Waals surface area contributed by atoms with Crippen LogP contribution in [0.5, 0.6) is 0 Å². The summed E-state index contributed by atoms with van der Waals surface area (Å²) in [4.78, 5) is 11.4. The molecule has 1 unspecified atom stereocenters. The number of benzene rings is 1. The summed E-state index contributed by atoms with van der Waals surface area (Å²) >= 11 is 0. The van der Waals surface area contributed by atoms with E-state index in [1.807, 2.05) is 0 Å². The van der Waals surface area contributed by atoms with Crippen molar-refractivity contribution in [1.29, 1.82) is 0 Å². The van der Waals surface area contributed by atoms with Crippen molar-refractivity contribution in [3.63, 3.8) is 0 Å². The molecule has 0 fully saturated rings. The normalized spacial score (nSPS) is 11.0. The van der Waals surface area contributed by atoms with E-state index < -0.39 is 8.03 Å². The van der Waals surface area contributed by atoms with E-state index in [4.69, 9.17) is 9.26 Å². The first-order valence-corrected chi connectivity index (χ1v) is 6.28. The van der Waals surface area contributed by atoms with Crippen LogP contribution >= 0.6 is 8.03 Å². The molecule has 1 rings (SSSR count). The molecule has 1 aromatic carbocycles. The van der Waals surface area contributed by atoms with E-state index >= 15 is 0 Å². The molecule has 1 aromatic rings. The fraction of sp³-hybridized carbons (Fsp3) is 0.364. The first-order chi connectivity index (χ1) is 7.67. The molecule has 0 aromatic heterocycles. The third-order valence-electron chi connectivity index (χ3n) is 1.95. The second kappa shape index (κ2) is 6.36. The summed E-state index contributed by atoms with van der Waals surface area (Å²) in [7, 11) is -0.300. The predicted molar refractivity (Wildman–Crippen MR) is 60.7 cm³/mol. The zero-order valence-electron chi connectivity index (χ0n) is 9.30. The lowest BCUT2D eigenvalue weighted by atomic mass is 10.1. The van der Waals surface area contributed by atoms with Gasteiger partial charge in [0.05, 0.1) is 19.3 Å². The molecule has 1 atom stereocenters. The number of rotatable bonds is 5. The Labute approximate surface area is 95.4 Å². The first kappa shape index (κ1) is 12.8. The average Bonchev–Trinajstić information content (AvgIpc) is 2.29. The van der Waals surface area contributed by atoms with Crippen molar-refractivity contribution in [1.82, 2.24) is 0 Å². The Morgan fingerprint density at radius 1 is 1.44 bits per heavy atom. The maximum absolute atomic E-state index is 11.4. The van der Waals surface area contributed by atoms with E-state index in [9.17, 15) is 9.36 Å². The summed E-state index contributed by atoms with van der Waals surface area (Å²) in [6.07, 6.45) is 0.305. The Morgan fingerprint density at radius 2 is 2.19 bits per heavy atom. The third-order valence-corrected chi connectivity index (χ3v) is 2.98. The number of esters is 1. The van der Waals surface area contributed by atoms with Crippen LogP contribution in [0.25, 0.3) is 0 Å². The van der Waals surface area contributed by atoms with Crippen molar-refractivity contribution in [2.45, 2.75) is 13.1 Å². The van der Waals surface area contributed by atoms with E-state index in [2.05, 4.69) is 0 Å². The molecule has 4 nitrogen and oxygen atoms in total. The molecule has 86 valence electrons. The van der Waals surface area contributed by atoms with Gasteiger partial charge in [-0.3, -0.25) is 0 Å². The van der Waals surface area contributed by atoms with Gasteiger partial charge >= 0.3 is 14.0 Å². The lowest BCUT2D eigenvalue weighted by Crippen LogP contribution is -2.04. The molecule has 0 saturated heterocycles. The van der Waals surface area contributed by atoms with Crippen LogP contribution in [0.3, 0.4) is 0 Å². The average molecular weight is 241 g/mol. The van der Waals surface area contributed by atoms with Crippen LogP contribution in [-0.2, 0) is 20.0 Å². The molecular formula is C11H14O4P+. The van der Waals surface area contributed by atoms with Gasteiger partial charge in [0.2, 0.25) is 6.16 Å². The zero-order chi connectivity index (χ0) is 12.0. The summed E-state index contributed by atoms with van der Waals surface area (Å²) in [5.74, 6) is -0.364. The Kier molecular flexibility index (Phi) is 5.09. The molecule has 0 aliphatic rings. The minimum Gasteiger partial charge on any atom is -0.462 e. The van der Waals surface area contributed by atoms with Crippen molar-refractivity contribution < 1.29 is 18.6 Å². The second-order valence-electron chi connectivity index (χ2n) is 3.09. The van der Waals surface area contributed by atoms with Crippen LogP contribution in [0.1, 0.15) is 22.8 Å². The summed E-state index contributed by atoms with van der Waals surface area (Å²) in [5.41, 5.74) is 1.27. The summed E-state index contributed by atoms with van der Waals surface area (Å²) < 4.78 is 20.8. The van der Waals surface area contributed by atoms with E-state index in [-0.39, 0.29) is 5.97 Å². The summed E-state index contributed by atoms with van der Waals surface area (Å²) in [6.45, 7) is 2.10. The van der Waals surface area contributed by atoms with Gasteiger partial charge < -0.3 is 4.74 Å². The minimum absolute atomic E-state index is 0.305. The fourth-order valence-electron chi connectivity index (χ4n) is 1.22. The van der Waals surface area contributed by atoms with E-state index in [1.165, 1.54) is 7.11 Å². The summed E-state index contributed by atoms with van der Waals surface area (Å²) in [5, 5.41) is 0. The third kappa shape index (κ3) is 3.72. The van der Waals surface area contributed by atoms with Crippen molar-refractivity contribution >= 4 is 14.0 Å². The fourth-order valence-corrected chi connectivity index (χ4v) is 1.85. The van der Waals surface area contributed by atoms with Crippen LogP contribution in [0.2, 0.25) is 0 Å². The van der Waals surface area contributed by atoms with Gasteiger partial charge in [-0.1, -0.05) is 12.1 Å². The molecule has 0 saturated carbocycles. The highest BCUT2D eigenvalue weighted by Gasteiger charge is 2.16. The largest absolute Gasteiger partial charge is 0.512 e. The van der Waals surface area contributed by atoms with Crippen LogP contribution in [0, 0.1) is 0 Å². The number of carbonyl (C=O) groups excluding carboxylic acids is 1. The first-order valence-electron chi connectivity index (χ1n) is 4.92. The van der Waals surface area contributed by atoms with Crippen LogP contribution in [0.4, 0.5) is 0 Å². The topological polar surface area (TPSA) is 52.6 Å². The molecule has 0 amide bonds. The minimum atomic E-state index is -1.70. The Hall–Kier alpha value is -1.25. The molecule has 0 heterocycles. The Bertz CT molecular complexity index is 389. The lowest BCUT2D eigenvalue weighted by Gasteiger charge is -2.01. The molecular weight excluding hydrogens is 227 g/mol. The highest BCUT2D eigenvalue weighted by Crippen LogP contribution is 2.26. The van der Waals surface area contributed by atoms with Gasteiger partial charge in [-0.15, -0.1) is 4.52 Å². The van der Waals surface area contributed by atoms with Crippen LogP contribution < -0.4 is 0 Å². The maximum atomic E-state index is 11.4. The van der Waals surface area contributed by atoms with Gasteiger partial charge in [-0.05, 0) is 23.6 Å². The number of carbonyl (C=O) groups is 1. The number of hydrogen-bond acceptors (Lipinski definition) is 4. The zero-order valence-corrected chi connectivity index (χ0v) is 10.2. The molecule has 0 bridgehead atoms. The van der Waals surface area contributed by atoms with E-state index in [1.54, 1.807) is 31.2 Å². The molecule has 0 N–H and O–H groups in total. The quantitative estimate of drug-likeness (QED) is 0.587. The standard InChI is InChI=1S/C11H14O4P/c1-3-15-11(12)10-6-4-5-9(7-10)8-16(13)14-2/h4-7H,3,8H2,1-2H3/q+1.